The second kappa shape index (κ2) is 8.33. The van der Waals surface area contributed by atoms with Crippen LogP contribution in [0.25, 0.3) is 5.69 Å². The first-order chi connectivity index (χ1) is 11.9. The molecule has 1 aliphatic heterocycles. The minimum absolute atomic E-state index is 0. The first kappa shape index (κ1) is 20.6. The normalized spacial score (nSPS) is 16.3. The van der Waals surface area contributed by atoms with Crippen molar-refractivity contribution in [1.29, 1.82) is 0 Å². The zero-order valence-corrected chi connectivity index (χ0v) is 16.2. The van der Waals surface area contributed by atoms with Crippen molar-refractivity contribution in [2.24, 2.45) is 11.7 Å². The summed E-state index contributed by atoms with van der Waals surface area (Å²) in [5.74, 6) is -0.196. The first-order valence-electron chi connectivity index (χ1n) is 8.31. The summed E-state index contributed by atoms with van der Waals surface area (Å²) in [6.45, 7) is 5.10. The molecule has 2 heterocycles. The summed E-state index contributed by atoms with van der Waals surface area (Å²) in [6.07, 6.45) is 1.79. The van der Waals surface area contributed by atoms with E-state index in [0.29, 0.717) is 36.1 Å². The lowest BCUT2D eigenvalue weighted by molar-refractivity contribution is 0.0674. The van der Waals surface area contributed by atoms with Crippen LogP contribution >= 0.6 is 24.0 Å². The van der Waals surface area contributed by atoms with E-state index in [0.717, 1.165) is 12.8 Å². The average Bonchev–Trinajstić information content (AvgIpc) is 2.98. The monoisotopic (exact) mass is 401 g/mol. The molecule has 2 N–H and O–H groups in total. The van der Waals surface area contributed by atoms with E-state index in [1.807, 2.05) is 6.92 Å². The van der Waals surface area contributed by atoms with Crippen LogP contribution in [0, 0.1) is 18.7 Å². The van der Waals surface area contributed by atoms with E-state index in [1.54, 1.807) is 17.9 Å². The molecule has 142 valence electrons. The van der Waals surface area contributed by atoms with Gasteiger partial charge in [0.2, 0.25) is 0 Å². The third kappa shape index (κ3) is 4.00. The van der Waals surface area contributed by atoms with Gasteiger partial charge in [-0.15, -0.1) is 17.5 Å². The predicted octanol–water partition coefficient (Wildman–Crippen LogP) is 2.99. The smallest absolute Gasteiger partial charge is 0.276 e. The van der Waals surface area contributed by atoms with Crippen LogP contribution < -0.4 is 5.73 Å². The van der Waals surface area contributed by atoms with Crippen molar-refractivity contribution in [2.45, 2.75) is 32.7 Å². The van der Waals surface area contributed by atoms with Crippen LogP contribution in [0.4, 0.5) is 4.39 Å². The maximum Gasteiger partial charge on any atom is 0.276 e. The number of amides is 1. The van der Waals surface area contributed by atoms with Gasteiger partial charge in [0.05, 0.1) is 16.4 Å². The van der Waals surface area contributed by atoms with E-state index < -0.39 is 5.82 Å². The van der Waals surface area contributed by atoms with E-state index in [1.165, 1.54) is 16.8 Å². The first-order valence-corrected chi connectivity index (χ1v) is 8.69. The highest BCUT2D eigenvalue weighted by atomic mass is 35.5. The number of hydrogen-bond donors (Lipinski definition) is 1. The van der Waals surface area contributed by atoms with Crippen molar-refractivity contribution in [3.63, 3.8) is 0 Å². The summed E-state index contributed by atoms with van der Waals surface area (Å²) in [4.78, 5) is 14.5. The Morgan fingerprint density at radius 3 is 2.62 bits per heavy atom. The summed E-state index contributed by atoms with van der Waals surface area (Å²) in [6, 6.07) is 4.41. The summed E-state index contributed by atoms with van der Waals surface area (Å²) in [5, 5.41) is 8.07. The highest BCUT2D eigenvalue weighted by molar-refractivity contribution is 6.30. The lowest BCUT2D eigenvalue weighted by Crippen LogP contribution is -2.42. The lowest BCUT2D eigenvalue weighted by atomic mass is 9.91. The largest absolute Gasteiger partial charge is 0.337 e. The SMILES string of the molecule is Cc1c(C(=O)N2CCC(C(C)N)CC2)nnn1-c1ccc(F)c(Cl)c1.Cl. The molecule has 1 aliphatic rings. The number of likely N-dealkylation sites (tertiary alicyclic amines) is 1. The Hall–Kier alpha value is -1.70. The zero-order valence-electron chi connectivity index (χ0n) is 14.7. The predicted molar refractivity (Wildman–Crippen MR) is 101 cm³/mol. The number of piperidine rings is 1. The number of halogens is 3. The molecular weight excluding hydrogens is 380 g/mol. The second-order valence-corrected chi connectivity index (χ2v) is 6.93. The Kier molecular flexibility index (Phi) is 6.60. The maximum atomic E-state index is 13.3. The number of nitrogens with two attached hydrogens (primary N) is 1. The standard InChI is InChI=1S/C17H21ClFN5O.ClH/c1-10(20)12-5-7-23(8-6-12)17(25)16-11(2)24(22-21-16)13-3-4-15(19)14(18)9-13;/h3-4,9-10,12H,5-8,20H2,1-2H3;1H. The maximum absolute atomic E-state index is 13.3. The van der Waals surface area contributed by atoms with Gasteiger partial charge in [0, 0.05) is 19.1 Å². The zero-order chi connectivity index (χ0) is 18.1. The molecule has 0 saturated carbocycles. The fraction of sp³-hybridized carbons (Fsp3) is 0.471. The van der Waals surface area contributed by atoms with Gasteiger partial charge in [0.1, 0.15) is 5.82 Å². The van der Waals surface area contributed by atoms with Crippen molar-refractivity contribution in [2.75, 3.05) is 13.1 Å². The molecule has 26 heavy (non-hydrogen) atoms. The average molecular weight is 402 g/mol. The van der Waals surface area contributed by atoms with Gasteiger partial charge in [-0.3, -0.25) is 4.79 Å². The van der Waals surface area contributed by atoms with Gasteiger partial charge < -0.3 is 10.6 Å². The van der Waals surface area contributed by atoms with Crippen LogP contribution in [-0.2, 0) is 0 Å². The minimum atomic E-state index is -0.503. The van der Waals surface area contributed by atoms with Gasteiger partial charge in [-0.1, -0.05) is 16.8 Å². The van der Waals surface area contributed by atoms with Gasteiger partial charge in [-0.2, -0.15) is 0 Å². The Bertz CT molecular complexity index is 787. The van der Waals surface area contributed by atoms with Gasteiger partial charge in [-0.25, -0.2) is 9.07 Å². The molecule has 1 fully saturated rings. The summed E-state index contributed by atoms with van der Waals surface area (Å²) >= 11 is 5.82. The summed E-state index contributed by atoms with van der Waals surface area (Å²) in [7, 11) is 0. The molecule has 9 heteroatoms. The van der Waals surface area contributed by atoms with Crippen LogP contribution in [-0.4, -0.2) is 44.9 Å². The molecule has 0 radical (unpaired) electrons. The number of rotatable bonds is 3. The third-order valence-electron chi connectivity index (χ3n) is 4.82. The van der Waals surface area contributed by atoms with Crippen LogP contribution in [0.1, 0.15) is 35.9 Å². The van der Waals surface area contributed by atoms with Crippen molar-refractivity contribution in [1.82, 2.24) is 19.9 Å². The fourth-order valence-corrected chi connectivity index (χ4v) is 3.34. The quantitative estimate of drug-likeness (QED) is 0.857. The number of hydrogen-bond acceptors (Lipinski definition) is 4. The Balaban J connectivity index is 0.00000243. The molecular formula is C17H22Cl2FN5O. The minimum Gasteiger partial charge on any atom is -0.337 e. The molecule has 6 nitrogen and oxygen atoms in total. The van der Waals surface area contributed by atoms with E-state index in [9.17, 15) is 9.18 Å². The van der Waals surface area contributed by atoms with Crippen LogP contribution in [0.5, 0.6) is 0 Å². The van der Waals surface area contributed by atoms with Gasteiger partial charge >= 0.3 is 0 Å². The van der Waals surface area contributed by atoms with Crippen molar-refractivity contribution >= 4 is 29.9 Å². The molecule has 2 aromatic rings. The molecule has 0 bridgehead atoms. The number of carbonyl (C=O) groups is 1. The van der Waals surface area contributed by atoms with Crippen molar-refractivity contribution in [3.8, 4) is 5.69 Å². The van der Waals surface area contributed by atoms with E-state index >= 15 is 0 Å². The van der Waals surface area contributed by atoms with E-state index in [-0.39, 0.29) is 29.4 Å². The molecule has 1 aromatic heterocycles. The van der Waals surface area contributed by atoms with Gasteiger partial charge in [0.25, 0.3) is 5.91 Å². The summed E-state index contributed by atoms with van der Waals surface area (Å²) < 4.78 is 14.8. The fourth-order valence-electron chi connectivity index (χ4n) is 3.17. The van der Waals surface area contributed by atoms with Crippen LogP contribution in [0.2, 0.25) is 5.02 Å². The molecule has 1 atom stereocenters. The molecule has 1 amide bonds. The molecule has 3 rings (SSSR count). The highest BCUT2D eigenvalue weighted by Crippen LogP contribution is 2.23. The Morgan fingerprint density at radius 1 is 1.38 bits per heavy atom. The van der Waals surface area contributed by atoms with Crippen molar-refractivity contribution in [3.05, 3.63) is 40.4 Å². The second-order valence-electron chi connectivity index (χ2n) is 6.52. The van der Waals surface area contributed by atoms with Gasteiger partial charge in [0.15, 0.2) is 5.69 Å². The molecule has 0 spiro atoms. The molecule has 1 unspecified atom stereocenters. The van der Waals surface area contributed by atoms with Crippen LogP contribution in [0.15, 0.2) is 18.2 Å². The lowest BCUT2D eigenvalue weighted by Gasteiger charge is -2.33. The number of nitrogens with zero attached hydrogens (tertiary/aromatic N) is 4. The molecule has 1 saturated heterocycles. The molecule has 0 aliphatic carbocycles. The summed E-state index contributed by atoms with van der Waals surface area (Å²) in [5.41, 5.74) is 7.41. The van der Waals surface area contributed by atoms with Gasteiger partial charge in [-0.05, 0) is 50.8 Å². The number of carbonyl (C=O) groups excluding carboxylic acids is 1. The Morgan fingerprint density at radius 2 is 2.04 bits per heavy atom. The Labute approximate surface area is 162 Å². The molecule has 1 aromatic carbocycles. The third-order valence-corrected chi connectivity index (χ3v) is 5.10. The van der Waals surface area contributed by atoms with E-state index in [2.05, 4.69) is 10.3 Å². The highest BCUT2D eigenvalue weighted by Gasteiger charge is 2.28. The number of benzene rings is 1. The van der Waals surface area contributed by atoms with Crippen molar-refractivity contribution < 1.29 is 9.18 Å². The number of aromatic nitrogens is 3. The van der Waals surface area contributed by atoms with E-state index in [4.69, 9.17) is 17.3 Å². The topological polar surface area (TPSA) is 77.0 Å². The van der Waals surface area contributed by atoms with Crippen LogP contribution in [0.3, 0.4) is 0 Å².